The quantitative estimate of drug-likeness (QED) is 0.118. The molecule has 0 fully saturated rings. The first kappa shape index (κ1) is 44.5. The normalized spacial score (nSPS) is 12.2. The monoisotopic (exact) mass is 1050 g/mol. The van der Waals surface area contributed by atoms with Crippen molar-refractivity contribution in [1.29, 1.82) is 5.26 Å². The number of nitrogens with zero attached hydrogens (tertiary/aromatic N) is 5. The van der Waals surface area contributed by atoms with Crippen LogP contribution in [-0.4, -0.2) is 5.84 Å². The summed E-state index contributed by atoms with van der Waals surface area (Å²) in [5.41, 5.74) is 16.2. The average Bonchev–Trinajstić information content (AvgIpc) is 3.99. The van der Waals surface area contributed by atoms with Crippen molar-refractivity contribution in [3.05, 3.63) is 248 Å². The summed E-state index contributed by atoms with van der Waals surface area (Å²) >= 11 is 0. The number of hydrogen-bond acceptors (Lipinski definition) is 4. The molecular weight excluding hydrogens is 1000 g/mol. The van der Waals surface area contributed by atoms with Crippen molar-refractivity contribution < 1.29 is 22.4 Å². The first-order valence-corrected chi connectivity index (χ1v) is 22.3. The van der Waals surface area contributed by atoms with E-state index in [1.807, 2.05) is 18.2 Å². The first-order chi connectivity index (χ1) is 32.3. The van der Waals surface area contributed by atoms with Crippen LogP contribution in [0.25, 0.3) is 66.3 Å². The van der Waals surface area contributed by atoms with E-state index in [2.05, 4.69) is 255 Å². The fourth-order valence-corrected chi connectivity index (χ4v) is 8.76. The minimum Gasteiger partial charge on any atom is -0.657 e. The minimum atomic E-state index is 0. The minimum absolute atomic E-state index is 0. The Kier molecular flexibility index (Phi) is 12.9. The molecule has 67 heavy (non-hydrogen) atoms. The molecule has 1 aliphatic rings. The maximum Gasteiger partial charge on any atom is 0.129 e. The summed E-state index contributed by atoms with van der Waals surface area (Å²) in [4.78, 5) is 6.88. The third kappa shape index (κ3) is 9.12. The maximum absolute atomic E-state index is 9.02. The molecule has 10 aromatic rings. The third-order valence-electron chi connectivity index (χ3n) is 12.1. The van der Waals surface area contributed by atoms with Gasteiger partial charge in [-0.1, -0.05) is 233 Å². The number of para-hydroxylation sites is 2. The Hall–Kier alpha value is -7.72. The van der Waals surface area contributed by atoms with Crippen LogP contribution >= 0.6 is 0 Å². The number of fused-ring (bicyclic) bond motifs is 3. The zero-order chi connectivity index (χ0) is 45.0. The van der Waals surface area contributed by atoms with Crippen molar-refractivity contribution in [2.75, 3.05) is 9.91 Å². The van der Waals surface area contributed by atoms with Gasteiger partial charge in [0.15, 0.2) is 0 Å². The Morgan fingerprint density at radius 1 is 0.463 bits per heavy atom. The molecule has 0 bridgehead atoms. The molecule has 1 radical (unpaired) electrons. The molecule has 0 amide bonds. The average molecular weight is 1050 g/mol. The topological polar surface area (TPSA) is 56.7 Å². The predicted octanol–water partition coefficient (Wildman–Crippen LogP) is 15.3. The van der Waals surface area contributed by atoms with E-state index in [4.69, 9.17) is 10.4 Å². The van der Waals surface area contributed by atoms with Crippen molar-refractivity contribution in [2.24, 2.45) is 5.10 Å². The Labute approximate surface area is 408 Å². The van der Waals surface area contributed by atoms with Crippen LogP contribution in [0.3, 0.4) is 0 Å². The largest absolute Gasteiger partial charge is 0.657 e. The number of hydrogen-bond donors (Lipinski definition) is 0. The van der Waals surface area contributed by atoms with Crippen molar-refractivity contribution >= 4 is 39.0 Å². The molecule has 329 valence electrons. The van der Waals surface area contributed by atoms with Crippen LogP contribution in [0.4, 0.5) is 11.4 Å². The van der Waals surface area contributed by atoms with Gasteiger partial charge in [0.1, 0.15) is 5.84 Å². The van der Waals surface area contributed by atoms with Gasteiger partial charge in [0, 0.05) is 61.6 Å². The summed E-state index contributed by atoms with van der Waals surface area (Å²) in [6.07, 6.45) is 0. The van der Waals surface area contributed by atoms with E-state index in [1.165, 1.54) is 5.56 Å². The van der Waals surface area contributed by atoms with E-state index < -0.39 is 0 Å². The van der Waals surface area contributed by atoms with Gasteiger partial charge in [-0.3, -0.25) is 0 Å². The van der Waals surface area contributed by atoms with Crippen molar-refractivity contribution in [2.45, 2.75) is 26.2 Å². The molecule has 5 nitrogen and oxygen atoms in total. The van der Waals surface area contributed by atoms with Crippen molar-refractivity contribution in [3.8, 4) is 50.6 Å². The molecule has 2 heterocycles. The van der Waals surface area contributed by atoms with Gasteiger partial charge in [-0.05, 0) is 56.1 Å². The second-order valence-electron chi connectivity index (χ2n) is 17.4. The van der Waals surface area contributed by atoms with Crippen LogP contribution in [0.2, 0.25) is 0 Å². The molecule has 0 spiro atoms. The molecule has 9 aromatic carbocycles. The molecule has 0 N–H and O–H groups in total. The summed E-state index contributed by atoms with van der Waals surface area (Å²) in [6, 6.07) is 80.3. The number of aromatic nitrogens is 1. The molecule has 1 aromatic heterocycles. The second kappa shape index (κ2) is 19.4. The van der Waals surface area contributed by atoms with Gasteiger partial charge in [-0.15, -0.1) is 17.7 Å². The number of nitriles is 1. The molecule has 6 heteroatoms. The third-order valence-corrected chi connectivity index (χ3v) is 12.1. The van der Waals surface area contributed by atoms with Gasteiger partial charge in [-0.25, -0.2) is 0 Å². The molecule has 0 saturated heterocycles. The fourth-order valence-electron chi connectivity index (χ4n) is 8.76. The zero-order valence-corrected chi connectivity index (χ0v) is 39.6. The van der Waals surface area contributed by atoms with E-state index in [-0.39, 0.29) is 27.8 Å². The van der Waals surface area contributed by atoms with Gasteiger partial charge < -0.3 is 14.9 Å². The molecule has 11 rings (SSSR count). The smallest absolute Gasteiger partial charge is 0.129 e. The maximum atomic E-state index is 9.02. The van der Waals surface area contributed by atoms with E-state index >= 15 is 0 Å². The van der Waals surface area contributed by atoms with E-state index in [0.717, 1.165) is 89.1 Å². The summed E-state index contributed by atoms with van der Waals surface area (Å²) < 4.78 is 0. The van der Waals surface area contributed by atoms with Crippen molar-refractivity contribution in [1.82, 2.24) is 4.98 Å². The molecule has 1 aliphatic heterocycles. The SMILES string of the molecule is CC(C)(C)c1ccc2[n-]c3ccc(C#N)cc3c2c1.[Au].c1ccc(C2=NN(c3c(-c4ccccc4)cccc3-c3ccccc3)[CH-]N2c2c(-c3ccccc3)cccc2-c2ccccc2)cc1. The summed E-state index contributed by atoms with van der Waals surface area (Å²) in [6.45, 7) is 8.76. The summed E-state index contributed by atoms with van der Waals surface area (Å²) in [5.74, 6) is 0.855. The summed E-state index contributed by atoms with van der Waals surface area (Å²) in [5, 5.41) is 18.7. The molecule has 0 unspecified atom stereocenters. The number of hydrazone groups is 1. The van der Waals surface area contributed by atoms with Crippen LogP contribution in [0.1, 0.15) is 37.5 Å². The van der Waals surface area contributed by atoms with E-state index in [1.54, 1.807) is 0 Å². The Morgan fingerprint density at radius 3 is 1.30 bits per heavy atom. The van der Waals surface area contributed by atoms with Crippen LogP contribution < -0.4 is 14.9 Å². The summed E-state index contributed by atoms with van der Waals surface area (Å²) in [7, 11) is 0. The van der Waals surface area contributed by atoms with Crippen molar-refractivity contribution in [3.63, 3.8) is 0 Å². The van der Waals surface area contributed by atoms with Gasteiger partial charge in [0.25, 0.3) is 0 Å². The Balaban J connectivity index is 0.000000235. The van der Waals surface area contributed by atoms with Gasteiger partial charge in [0.2, 0.25) is 0 Å². The zero-order valence-electron chi connectivity index (χ0n) is 37.5. The fraction of sp³-hybridized carbons (Fsp3) is 0.0656. The second-order valence-corrected chi connectivity index (χ2v) is 17.4. The van der Waals surface area contributed by atoms with Crippen LogP contribution in [0.5, 0.6) is 0 Å². The molecule has 0 saturated carbocycles. The van der Waals surface area contributed by atoms with E-state index in [9.17, 15) is 0 Å². The number of amidine groups is 1. The molecular formula is C61H47AuN5-2. The Bertz CT molecular complexity index is 3260. The van der Waals surface area contributed by atoms with Gasteiger partial charge in [0.05, 0.1) is 11.6 Å². The van der Waals surface area contributed by atoms with E-state index in [0.29, 0.717) is 5.56 Å². The molecule has 0 atom stereocenters. The number of anilines is 2. The van der Waals surface area contributed by atoms with Crippen LogP contribution in [0.15, 0.2) is 230 Å². The first-order valence-electron chi connectivity index (χ1n) is 22.3. The van der Waals surface area contributed by atoms with Crippen LogP contribution in [0, 0.1) is 18.0 Å². The Morgan fingerprint density at radius 2 is 0.866 bits per heavy atom. The van der Waals surface area contributed by atoms with Gasteiger partial charge in [-0.2, -0.15) is 10.4 Å². The standard InChI is InChI=1S/C44H32N3.C17H15N2.Au/c1-6-18-33(19-7-1)38-28-16-29-39(34-20-8-2-9-21-34)42(38)46-32-47(45-44(46)37-26-14-5-15-27-37)43-40(35-22-10-3-11-23-35)30-17-31-41(43)36-24-12-4-13-25-36;1-17(2,3)12-5-7-16-14(9-12)13-8-11(10-18)4-6-15(13)19-16;/h1-32H;4-9H,1-3H3;/q2*-1;. The molecule has 0 aliphatic carbocycles. The van der Waals surface area contributed by atoms with Crippen LogP contribution in [-0.2, 0) is 27.8 Å². The predicted molar refractivity (Wildman–Crippen MR) is 275 cm³/mol. The number of benzene rings is 9. The number of rotatable bonds is 7. The van der Waals surface area contributed by atoms with Gasteiger partial charge >= 0.3 is 0 Å².